The molecular formula is C20H18N6O. The van der Waals surface area contributed by atoms with Crippen molar-refractivity contribution in [2.24, 2.45) is 7.05 Å². The van der Waals surface area contributed by atoms with Crippen LogP contribution in [0.3, 0.4) is 0 Å². The molecule has 134 valence electrons. The molecule has 1 saturated heterocycles. The average Bonchev–Trinajstić information content (AvgIpc) is 3.00. The van der Waals surface area contributed by atoms with Gasteiger partial charge in [0.25, 0.3) is 0 Å². The number of phenols is 1. The lowest BCUT2D eigenvalue weighted by molar-refractivity contribution is 0.436. The predicted molar refractivity (Wildman–Crippen MR) is 102 cm³/mol. The number of hydrogen-bond donors (Lipinski definition) is 2. The van der Waals surface area contributed by atoms with Gasteiger partial charge in [0.15, 0.2) is 0 Å². The number of nitrogens with one attached hydrogen (secondary N) is 1. The summed E-state index contributed by atoms with van der Waals surface area (Å²) in [5.41, 5.74) is 5.60. The van der Waals surface area contributed by atoms with Crippen molar-refractivity contribution in [3.63, 3.8) is 0 Å². The summed E-state index contributed by atoms with van der Waals surface area (Å²) in [5.74, 6) is 0.601. The highest BCUT2D eigenvalue weighted by Gasteiger charge is 2.20. The lowest BCUT2D eigenvalue weighted by Gasteiger charge is -2.25. The number of rotatable bonds is 3. The molecule has 4 aromatic rings. The molecule has 7 heteroatoms. The Kier molecular flexibility index (Phi) is 3.61. The number of hydrogen-bond acceptors (Lipinski definition) is 6. The maximum absolute atomic E-state index is 10.5. The van der Waals surface area contributed by atoms with Gasteiger partial charge in [-0.15, -0.1) is 0 Å². The van der Waals surface area contributed by atoms with Crippen molar-refractivity contribution < 1.29 is 5.11 Å². The van der Waals surface area contributed by atoms with E-state index in [4.69, 9.17) is 0 Å². The number of aromatic hydroxyl groups is 1. The second-order valence-electron chi connectivity index (χ2n) is 6.83. The number of phenolic OH excluding ortho intramolecular Hbond substituents is 1. The Morgan fingerprint density at radius 3 is 2.56 bits per heavy atom. The van der Waals surface area contributed by atoms with E-state index in [9.17, 15) is 5.11 Å². The fraction of sp³-hybridized carbons (Fsp3) is 0.200. The summed E-state index contributed by atoms with van der Waals surface area (Å²) in [6.07, 6.45) is 1.88. The van der Waals surface area contributed by atoms with E-state index in [1.807, 2.05) is 49.6 Å². The molecule has 1 fully saturated rings. The summed E-state index contributed by atoms with van der Waals surface area (Å²) >= 11 is 0. The Balaban J connectivity index is 1.47. The zero-order chi connectivity index (χ0) is 18.4. The monoisotopic (exact) mass is 358 g/mol. The summed E-state index contributed by atoms with van der Waals surface area (Å²) < 4.78 is 1.74. The standard InChI is InChI=1S/C20H18N6O/c1-26-11-19-18(25-26)7-4-15(22-19)12-2-3-14(20(27)8-12)17-6-5-16(23-24-17)13-9-21-10-13/h2-8,11,13,21,27H,9-10H2,1H3. The Bertz CT molecular complexity index is 1130. The third kappa shape index (κ3) is 2.82. The van der Waals surface area contributed by atoms with Gasteiger partial charge >= 0.3 is 0 Å². The van der Waals surface area contributed by atoms with Gasteiger partial charge in [-0.2, -0.15) is 15.3 Å². The van der Waals surface area contributed by atoms with Crippen LogP contribution in [0.4, 0.5) is 0 Å². The summed E-state index contributed by atoms with van der Waals surface area (Å²) in [6, 6.07) is 13.2. The van der Waals surface area contributed by atoms with E-state index < -0.39 is 0 Å². The number of nitrogens with zero attached hydrogens (tertiary/aromatic N) is 5. The van der Waals surface area contributed by atoms with E-state index in [0.29, 0.717) is 17.2 Å². The third-order valence-corrected chi connectivity index (χ3v) is 4.93. The second kappa shape index (κ2) is 6.14. The van der Waals surface area contributed by atoms with Gasteiger partial charge in [0.05, 0.1) is 23.3 Å². The lowest BCUT2D eigenvalue weighted by atomic mass is 9.98. The molecule has 0 atom stereocenters. The first kappa shape index (κ1) is 15.9. The molecule has 1 aliphatic heterocycles. The minimum Gasteiger partial charge on any atom is -0.507 e. The number of aromatic nitrogens is 5. The van der Waals surface area contributed by atoms with Crippen LogP contribution in [0.1, 0.15) is 11.6 Å². The minimum absolute atomic E-state index is 0.160. The van der Waals surface area contributed by atoms with Gasteiger partial charge in [-0.1, -0.05) is 6.07 Å². The number of pyridine rings is 1. The van der Waals surface area contributed by atoms with Gasteiger partial charge in [0.2, 0.25) is 0 Å². The fourth-order valence-electron chi connectivity index (χ4n) is 3.29. The number of aryl methyl sites for hydroxylation is 1. The maximum atomic E-state index is 10.5. The van der Waals surface area contributed by atoms with E-state index in [2.05, 4.69) is 25.6 Å². The molecule has 4 heterocycles. The Labute approximate surface area is 155 Å². The molecule has 2 N–H and O–H groups in total. The molecule has 0 spiro atoms. The van der Waals surface area contributed by atoms with E-state index in [1.54, 1.807) is 10.7 Å². The smallest absolute Gasteiger partial charge is 0.125 e. The molecule has 0 amide bonds. The first-order chi connectivity index (χ1) is 13.2. The molecule has 0 saturated carbocycles. The molecule has 0 aliphatic carbocycles. The second-order valence-corrected chi connectivity index (χ2v) is 6.83. The van der Waals surface area contributed by atoms with Crippen LogP contribution in [0.5, 0.6) is 5.75 Å². The summed E-state index contributed by atoms with van der Waals surface area (Å²) in [6.45, 7) is 1.89. The van der Waals surface area contributed by atoms with Crippen LogP contribution in [0.2, 0.25) is 0 Å². The molecule has 5 rings (SSSR count). The average molecular weight is 358 g/mol. The molecule has 27 heavy (non-hydrogen) atoms. The van der Waals surface area contributed by atoms with Gasteiger partial charge < -0.3 is 10.4 Å². The maximum Gasteiger partial charge on any atom is 0.125 e. The highest BCUT2D eigenvalue weighted by Crippen LogP contribution is 2.32. The van der Waals surface area contributed by atoms with Crippen molar-refractivity contribution in [1.29, 1.82) is 0 Å². The largest absolute Gasteiger partial charge is 0.507 e. The minimum atomic E-state index is 0.160. The molecule has 1 aliphatic rings. The van der Waals surface area contributed by atoms with E-state index in [1.165, 1.54) is 0 Å². The summed E-state index contributed by atoms with van der Waals surface area (Å²) in [5, 5.41) is 26.7. The Morgan fingerprint density at radius 1 is 1.00 bits per heavy atom. The molecule has 0 bridgehead atoms. The zero-order valence-electron chi connectivity index (χ0n) is 14.8. The first-order valence-electron chi connectivity index (χ1n) is 8.86. The van der Waals surface area contributed by atoms with Crippen LogP contribution < -0.4 is 5.32 Å². The van der Waals surface area contributed by atoms with Crippen LogP contribution >= 0.6 is 0 Å². The van der Waals surface area contributed by atoms with Gasteiger partial charge in [-0.25, -0.2) is 4.98 Å². The van der Waals surface area contributed by atoms with Gasteiger partial charge in [0, 0.05) is 37.2 Å². The molecule has 0 unspecified atom stereocenters. The van der Waals surface area contributed by atoms with Crippen molar-refractivity contribution in [2.75, 3.05) is 13.1 Å². The van der Waals surface area contributed by atoms with Crippen molar-refractivity contribution >= 4 is 11.0 Å². The molecule has 1 aromatic carbocycles. The topological polar surface area (TPSA) is 88.8 Å². The Hall–Kier alpha value is -3.32. The van der Waals surface area contributed by atoms with Crippen molar-refractivity contribution in [2.45, 2.75) is 5.92 Å². The molecule has 7 nitrogen and oxygen atoms in total. The fourth-order valence-corrected chi connectivity index (χ4v) is 3.29. The van der Waals surface area contributed by atoms with Crippen LogP contribution in [0.15, 0.2) is 48.7 Å². The summed E-state index contributed by atoms with van der Waals surface area (Å²) in [7, 11) is 1.87. The lowest BCUT2D eigenvalue weighted by Crippen LogP contribution is -2.40. The van der Waals surface area contributed by atoms with Crippen molar-refractivity contribution in [3.05, 3.63) is 54.4 Å². The van der Waals surface area contributed by atoms with Crippen molar-refractivity contribution in [1.82, 2.24) is 30.3 Å². The highest BCUT2D eigenvalue weighted by molar-refractivity contribution is 5.79. The highest BCUT2D eigenvalue weighted by atomic mass is 16.3. The van der Waals surface area contributed by atoms with E-state index >= 15 is 0 Å². The number of benzene rings is 1. The van der Waals surface area contributed by atoms with Crippen LogP contribution in [0, 0.1) is 0 Å². The first-order valence-corrected chi connectivity index (χ1v) is 8.86. The van der Waals surface area contributed by atoms with E-state index in [-0.39, 0.29) is 5.75 Å². The third-order valence-electron chi connectivity index (χ3n) is 4.93. The van der Waals surface area contributed by atoms with Gasteiger partial charge in [-0.05, 0) is 36.4 Å². The van der Waals surface area contributed by atoms with Crippen LogP contribution in [-0.4, -0.2) is 43.2 Å². The molecule has 3 aromatic heterocycles. The quantitative estimate of drug-likeness (QED) is 0.585. The van der Waals surface area contributed by atoms with Crippen LogP contribution in [-0.2, 0) is 7.05 Å². The number of fused-ring (bicyclic) bond motifs is 1. The predicted octanol–water partition coefficient (Wildman–Crippen LogP) is 2.48. The summed E-state index contributed by atoms with van der Waals surface area (Å²) in [4.78, 5) is 4.63. The molecular weight excluding hydrogens is 340 g/mol. The van der Waals surface area contributed by atoms with Crippen LogP contribution in [0.25, 0.3) is 33.5 Å². The molecule has 0 radical (unpaired) electrons. The Morgan fingerprint density at radius 2 is 1.85 bits per heavy atom. The van der Waals surface area contributed by atoms with E-state index in [0.717, 1.165) is 41.1 Å². The normalized spacial score (nSPS) is 14.4. The van der Waals surface area contributed by atoms with Gasteiger partial charge in [0.1, 0.15) is 16.8 Å². The van der Waals surface area contributed by atoms with Crippen molar-refractivity contribution in [3.8, 4) is 28.3 Å². The van der Waals surface area contributed by atoms with Gasteiger partial charge in [-0.3, -0.25) is 4.68 Å². The SMILES string of the molecule is Cn1cc2nc(-c3ccc(-c4ccc(C5CNC5)nn4)c(O)c3)ccc2n1. The zero-order valence-corrected chi connectivity index (χ0v) is 14.8.